The van der Waals surface area contributed by atoms with Crippen LogP contribution < -0.4 is 34.4 Å². The van der Waals surface area contributed by atoms with E-state index < -0.39 is 6.04 Å². The Morgan fingerprint density at radius 3 is 2.45 bits per heavy atom. The number of anilines is 1. The van der Waals surface area contributed by atoms with E-state index in [0.29, 0.717) is 50.1 Å². The molecule has 0 spiro atoms. The third-order valence-corrected chi connectivity index (χ3v) is 7.50. The van der Waals surface area contributed by atoms with E-state index in [1.807, 2.05) is 79.7 Å². The summed E-state index contributed by atoms with van der Waals surface area (Å²) in [5.74, 6) is 1.57. The predicted molar refractivity (Wildman–Crippen MR) is 156 cm³/mol. The molecule has 0 bridgehead atoms. The minimum atomic E-state index is -0.678. The largest absolute Gasteiger partial charge is 0.497 e. The first-order valence-electron chi connectivity index (χ1n) is 12.8. The SMILES string of the molecule is CCOc1ccc(/C=c2/sc3n(c2=O)[C@@H](c2ccc(OC)cc2)C(C(=O)Nc2ccccc2)=C(C)N=3)cc1OC. The highest BCUT2D eigenvalue weighted by atomic mass is 32.1. The van der Waals surface area contributed by atoms with E-state index in [-0.39, 0.29) is 11.5 Å². The number of amides is 1. The van der Waals surface area contributed by atoms with E-state index in [9.17, 15) is 9.59 Å². The molecule has 0 aliphatic carbocycles. The zero-order valence-corrected chi connectivity index (χ0v) is 23.5. The maximum absolute atomic E-state index is 13.9. The zero-order valence-electron chi connectivity index (χ0n) is 22.6. The zero-order chi connectivity index (χ0) is 28.2. The average Bonchev–Trinajstić information content (AvgIpc) is 3.27. The van der Waals surface area contributed by atoms with Crippen molar-refractivity contribution in [2.45, 2.75) is 19.9 Å². The molecule has 3 aromatic carbocycles. The second-order valence-electron chi connectivity index (χ2n) is 9.02. The van der Waals surface area contributed by atoms with Crippen molar-refractivity contribution in [1.29, 1.82) is 0 Å². The van der Waals surface area contributed by atoms with Gasteiger partial charge in [-0.05, 0) is 67.4 Å². The predicted octanol–water partition coefficient (Wildman–Crippen LogP) is 4.29. The van der Waals surface area contributed by atoms with Crippen molar-refractivity contribution in [3.05, 3.63) is 115 Å². The summed E-state index contributed by atoms with van der Waals surface area (Å²) in [5, 5.41) is 2.96. The van der Waals surface area contributed by atoms with E-state index >= 15 is 0 Å². The quantitative estimate of drug-likeness (QED) is 0.350. The van der Waals surface area contributed by atoms with Crippen molar-refractivity contribution in [3.8, 4) is 17.2 Å². The number of benzene rings is 3. The lowest BCUT2D eigenvalue weighted by Crippen LogP contribution is -2.40. The van der Waals surface area contributed by atoms with Crippen molar-refractivity contribution < 1.29 is 19.0 Å². The van der Waals surface area contributed by atoms with Gasteiger partial charge in [-0.15, -0.1) is 0 Å². The van der Waals surface area contributed by atoms with Gasteiger partial charge in [0.05, 0.1) is 42.7 Å². The lowest BCUT2D eigenvalue weighted by atomic mass is 9.95. The smallest absolute Gasteiger partial charge is 0.271 e. The summed E-state index contributed by atoms with van der Waals surface area (Å²) in [5.41, 5.74) is 2.91. The maximum atomic E-state index is 13.9. The Bertz CT molecular complexity index is 1760. The Labute approximate surface area is 235 Å². The Kier molecular flexibility index (Phi) is 7.84. The van der Waals surface area contributed by atoms with Crippen LogP contribution in [0.3, 0.4) is 0 Å². The number of carbonyl (C=O) groups excluding carboxylic acids is 1. The van der Waals surface area contributed by atoms with E-state index in [0.717, 1.165) is 11.1 Å². The molecular weight excluding hydrogens is 526 g/mol. The molecule has 0 saturated carbocycles. The standard InChI is InChI=1S/C31H29N3O5S/c1-5-39-24-16-11-20(17-25(24)38-4)18-26-30(36)34-28(21-12-14-23(37-3)15-13-21)27(19(2)32-31(34)40-26)29(35)33-22-9-7-6-8-10-22/h6-18,28H,5H2,1-4H3,(H,33,35)/b26-18+/t28-/m0/s1. The van der Waals surface area contributed by atoms with Crippen LogP contribution in [0.5, 0.6) is 17.2 Å². The molecule has 1 aliphatic heterocycles. The number of carbonyl (C=O) groups is 1. The second kappa shape index (κ2) is 11.6. The fourth-order valence-corrected chi connectivity index (χ4v) is 5.68. The van der Waals surface area contributed by atoms with Crippen LogP contribution in [0.2, 0.25) is 0 Å². The molecule has 8 nitrogen and oxygen atoms in total. The summed E-state index contributed by atoms with van der Waals surface area (Å²) in [6.45, 7) is 4.22. The average molecular weight is 556 g/mol. The van der Waals surface area contributed by atoms with Crippen molar-refractivity contribution >= 4 is 29.0 Å². The number of aromatic nitrogens is 1. The molecule has 1 aliphatic rings. The number of hydrogen-bond acceptors (Lipinski definition) is 7. The van der Waals surface area contributed by atoms with Crippen LogP contribution in [0.15, 0.2) is 93.9 Å². The number of rotatable bonds is 8. The lowest BCUT2D eigenvalue weighted by molar-refractivity contribution is -0.113. The minimum absolute atomic E-state index is 0.241. The van der Waals surface area contributed by atoms with Crippen LogP contribution in [0.1, 0.15) is 31.0 Å². The number of nitrogens with zero attached hydrogens (tertiary/aromatic N) is 2. The minimum Gasteiger partial charge on any atom is -0.497 e. The molecule has 0 saturated heterocycles. The fourth-order valence-electron chi connectivity index (χ4n) is 4.63. The number of nitrogens with one attached hydrogen (secondary N) is 1. The van der Waals surface area contributed by atoms with Crippen molar-refractivity contribution in [1.82, 2.24) is 4.57 Å². The highest BCUT2D eigenvalue weighted by molar-refractivity contribution is 7.07. The van der Waals surface area contributed by atoms with E-state index in [2.05, 4.69) is 5.32 Å². The van der Waals surface area contributed by atoms with Gasteiger partial charge in [0.2, 0.25) is 0 Å². The van der Waals surface area contributed by atoms with Crippen LogP contribution in [0.4, 0.5) is 5.69 Å². The summed E-state index contributed by atoms with van der Waals surface area (Å²) in [7, 11) is 3.17. The highest BCUT2D eigenvalue weighted by Crippen LogP contribution is 2.32. The Morgan fingerprint density at radius 1 is 1.02 bits per heavy atom. The first kappa shape index (κ1) is 27.0. The second-order valence-corrected chi connectivity index (χ2v) is 10.0. The fraction of sp³-hybridized carbons (Fsp3) is 0.194. The molecule has 40 heavy (non-hydrogen) atoms. The van der Waals surface area contributed by atoms with Crippen LogP contribution in [0, 0.1) is 0 Å². The molecule has 1 N–H and O–H groups in total. The Balaban J connectivity index is 1.64. The van der Waals surface area contributed by atoms with Gasteiger partial charge >= 0.3 is 0 Å². The number of methoxy groups -OCH3 is 2. The molecule has 1 amide bonds. The van der Waals surface area contributed by atoms with Crippen molar-refractivity contribution in [2.75, 3.05) is 26.1 Å². The monoisotopic (exact) mass is 555 g/mol. The van der Waals surface area contributed by atoms with Crippen molar-refractivity contribution in [2.24, 2.45) is 4.99 Å². The summed E-state index contributed by atoms with van der Waals surface area (Å²) >= 11 is 1.28. The molecule has 5 rings (SSSR count). The van der Waals surface area contributed by atoms with Gasteiger partial charge < -0.3 is 19.5 Å². The van der Waals surface area contributed by atoms with Gasteiger partial charge in [0, 0.05) is 5.69 Å². The summed E-state index contributed by atoms with van der Waals surface area (Å²) in [6.07, 6.45) is 1.80. The molecule has 1 aromatic heterocycles. The summed E-state index contributed by atoms with van der Waals surface area (Å²) in [4.78, 5) is 32.8. The van der Waals surface area contributed by atoms with Crippen LogP contribution in [0.25, 0.3) is 6.08 Å². The maximum Gasteiger partial charge on any atom is 0.271 e. The molecular formula is C31H29N3O5S. The van der Waals surface area contributed by atoms with Gasteiger partial charge in [-0.3, -0.25) is 14.2 Å². The molecule has 1 atom stereocenters. The molecule has 0 unspecified atom stereocenters. The van der Waals surface area contributed by atoms with Gasteiger partial charge in [-0.25, -0.2) is 4.99 Å². The summed E-state index contributed by atoms with van der Waals surface area (Å²) < 4.78 is 18.5. The van der Waals surface area contributed by atoms with Gasteiger partial charge in [-0.2, -0.15) is 0 Å². The van der Waals surface area contributed by atoms with E-state index in [1.165, 1.54) is 11.3 Å². The normalized spacial score (nSPS) is 14.8. The Hall–Kier alpha value is -4.63. The van der Waals surface area contributed by atoms with Crippen LogP contribution in [-0.2, 0) is 4.79 Å². The summed E-state index contributed by atoms with van der Waals surface area (Å²) in [6, 6.07) is 21.4. The molecule has 0 radical (unpaired) electrons. The van der Waals surface area contributed by atoms with Gasteiger partial charge in [0.15, 0.2) is 16.3 Å². The molecule has 9 heteroatoms. The van der Waals surface area contributed by atoms with E-state index in [4.69, 9.17) is 19.2 Å². The number of allylic oxidation sites excluding steroid dienone is 1. The highest BCUT2D eigenvalue weighted by Gasteiger charge is 2.32. The van der Waals surface area contributed by atoms with Crippen LogP contribution in [-0.4, -0.2) is 31.3 Å². The van der Waals surface area contributed by atoms with E-state index in [1.54, 1.807) is 31.8 Å². The molecule has 2 heterocycles. The number of hydrogen-bond donors (Lipinski definition) is 1. The topological polar surface area (TPSA) is 91.2 Å². The van der Waals surface area contributed by atoms with Crippen LogP contribution >= 0.6 is 11.3 Å². The Morgan fingerprint density at radius 2 is 1.77 bits per heavy atom. The third-order valence-electron chi connectivity index (χ3n) is 6.51. The number of fused-ring (bicyclic) bond motifs is 1. The van der Waals surface area contributed by atoms with Crippen molar-refractivity contribution in [3.63, 3.8) is 0 Å². The van der Waals surface area contributed by atoms with Gasteiger partial charge in [0.1, 0.15) is 5.75 Å². The third kappa shape index (κ3) is 5.28. The number of para-hydroxylation sites is 1. The first-order chi connectivity index (χ1) is 19.4. The molecule has 0 fully saturated rings. The lowest BCUT2D eigenvalue weighted by Gasteiger charge is -2.25. The number of ether oxygens (including phenoxy) is 3. The first-order valence-corrected chi connectivity index (χ1v) is 13.6. The molecule has 4 aromatic rings. The van der Waals surface area contributed by atoms with Gasteiger partial charge in [0.25, 0.3) is 11.5 Å². The molecule has 204 valence electrons. The number of thiazole rings is 1. The van der Waals surface area contributed by atoms with Gasteiger partial charge in [-0.1, -0.05) is 47.7 Å².